The van der Waals surface area contributed by atoms with Gasteiger partial charge >= 0.3 is 0 Å². The minimum Gasteiger partial charge on any atom is -0.379 e. The van der Waals surface area contributed by atoms with Gasteiger partial charge in [0.05, 0.1) is 36.5 Å². The van der Waals surface area contributed by atoms with Crippen LogP contribution in [-0.4, -0.2) is 53.1 Å². The van der Waals surface area contributed by atoms with E-state index in [-0.39, 0.29) is 11.9 Å². The Hall–Kier alpha value is -2.65. The molecule has 122 valence electrons. The zero-order valence-corrected chi connectivity index (χ0v) is 12.7. The van der Waals surface area contributed by atoms with Crippen LogP contribution < -0.4 is 17.2 Å². The number of hydrogen-bond donors (Lipinski definition) is 4. The van der Waals surface area contributed by atoms with Crippen LogP contribution in [0.5, 0.6) is 0 Å². The zero-order valence-electron chi connectivity index (χ0n) is 12.7. The first kappa shape index (κ1) is 15.3. The summed E-state index contributed by atoms with van der Waals surface area (Å²) >= 11 is 0. The van der Waals surface area contributed by atoms with Crippen molar-refractivity contribution in [1.82, 2.24) is 14.9 Å². The molecule has 7 N–H and O–H groups in total. The molecule has 1 aromatic carbocycles. The lowest BCUT2D eigenvalue weighted by Gasteiger charge is -2.25. The second-order valence-electron chi connectivity index (χ2n) is 5.28. The fourth-order valence-electron chi connectivity index (χ4n) is 2.46. The van der Waals surface area contributed by atoms with Gasteiger partial charge in [0.15, 0.2) is 5.96 Å². The highest BCUT2D eigenvalue weighted by Gasteiger charge is 2.13. The van der Waals surface area contributed by atoms with Crippen molar-refractivity contribution in [1.29, 1.82) is 0 Å². The van der Waals surface area contributed by atoms with E-state index in [1.807, 2.05) is 18.2 Å². The van der Waals surface area contributed by atoms with E-state index in [1.54, 1.807) is 0 Å². The van der Waals surface area contributed by atoms with Gasteiger partial charge in [-0.1, -0.05) is 0 Å². The molecule has 1 saturated heterocycles. The molecular weight excluding hydrogens is 296 g/mol. The van der Waals surface area contributed by atoms with Gasteiger partial charge in [0.25, 0.3) is 0 Å². The molecule has 0 saturated carbocycles. The predicted molar refractivity (Wildman–Crippen MR) is 89.3 cm³/mol. The zero-order chi connectivity index (χ0) is 16.2. The number of imidazole rings is 1. The molecule has 0 spiro atoms. The average molecular weight is 316 g/mol. The summed E-state index contributed by atoms with van der Waals surface area (Å²) in [5.74, 6) is 0.805. The van der Waals surface area contributed by atoms with Crippen LogP contribution in [0, 0.1) is 0 Å². The first-order valence-electron chi connectivity index (χ1n) is 7.33. The number of aromatic amines is 1. The van der Waals surface area contributed by atoms with Crippen LogP contribution in [0.2, 0.25) is 0 Å². The van der Waals surface area contributed by atoms with Crippen LogP contribution >= 0.6 is 0 Å². The molecular formula is C14H20N8O. The number of guanidine groups is 2. The van der Waals surface area contributed by atoms with Crippen molar-refractivity contribution in [3.63, 3.8) is 0 Å². The Balaban J connectivity index is 1.79. The molecule has 0 atom stereocenters. The Morgan fingerprint density at radius 3 is 2.78 bits per heavy atom. The number of morpholine rings is 1. The van der Waals surface area contributed by atoms with E-state index in [0.717, 1.165) is 49.7 Å². The highest BCUT2D eigenvalue weighted by atomic mass is 16.5. The molecule has 0 amide bonds. The Labute approximate surface area is 133 Å². The van der Waals surface area contributed by atoms with Gasteiger partial charge < -0.3 is 26.9 Å². The monoisotopic (exact) mass is 316 g/mol. The van der Waals surface area contributed by atoms with Crippen LogP contribution in [0.15, 0.2) is 28.2 Å². The van der Waals surface area contributed by atoms with Crippen molar-refractivity contribution < 1.29 is 4.74 Å². The van der Waals surface area contributed by atoms with Crippen molar-refractivity contribution in [2.75, 3.05) is 26.3 Å². The Morgan fingerprint density at radius 1 is 1.26 bits per heavy atom. The number of rotatable bonds is 3. The summed E-state index contributed by atoms with van der Waals surface area (Å²) in [7, 11) is 0. The molecule has 1 aliphatic rings. The predicted octanol–water partition coefficient (Wildman–Crippen LogP) is -0.385. The van der Waals surface area contributed by atoms with E-state index in [4.69, 9.17) is 21.9 Å². The Morgan fingerprint density at radius 2 is 2.04 bits per heavy atom. The number of H-pyrrole nitrogens is 1. The highest BCUT2D eigenvalue weighted by Crippen LogP contribution is 2.20. The summed E-state index contributed by atoms with van der Waals surface area (Å²) in [5, 5.41) is 0. The summed E-state index contributed by atoms with van der Waals surface area (Å²) in [6.07, 6.45) is 0. The van der Waals surface area contributed by atoms with E-state index < -0.39 is 0 Å². The quantitative estimate of drug-likeness (QED) is 0.448. The molecule has 3 rings (SSSR count). The molecule has 0 radical (unpaired) electrons. The Kier molecular flexibility index (Phi) is 4.40. The van der Waals surface area contributed by atoms with Crippen molar-refractivity contribution in [2.24, 2.45) is 27.2 Å². The SMILES string of the molecule is NC(N)=NC(N)=Nc1ccc2nc(CN3CCOCC3)[nH]c2c1. The molecule has 1 fully saturated rings. The van der Waals surface area contributed by atoms with Crippen LogP contribution in [0.4, 0.5) is 5.69 Å². The number of ether oxygens (including phenoxy) is 1. The normalized spacial score (nSPS) is 16.6. The van der Waals surface area contributed by atoms with Crippen LogP contribution in [0.25, 0.3) is 11.0 Å². The minimum absolute atomic E-state index is 0.0115. The molecule has 9 nitrogen and oxygen atoms in total. The molecule has 9 heteroatoms. The highest BCUT2D eigenvalue weighted by molar-refractivity contribution is 5.94. The third kappa shape index (κ3) is 3.96. The van der Waals surface area contributed by atoms with Gasteiger partial charge in [0.1, 0.15) is 5.82 Å². The molecule has 0 aliphatic carbocycles. The van der Waals surface area contributed by atoms with Crippen molar-refractivity contribution in [3.8, 4) is 0 Å². The third-order valence-electron chi connectivity index (χ3n) is 3.48. The standard InChI is InChI=1S/C14H20N8O/c15-13(16)21-14(17)18-9-1-2-10-11(7-9)20-12(19-10)8-22-3-5-23-6-4-22/h1-2,7H,3-6,8H2,(H,19,20)(H6,15,16,17,18,21). The summed E-state index contributed by atoms with van der Waals surface area (Å²) < 4.78 is 5.35. The van der Waals surface area contributed by atoms with Gasteiger partial charge in [-0.05, 0) is 18.2 Å². The molecule has 2 heterocycles. The smallest absolute Gasteiger partial charge is 0.223 e. The van der Waals surface area contributed by atoms with E-state index in [9.17, 15) is 0 Å². The average Bonchev–Trinajstić information content (AvgIpc) is 2.88. The van der Waals surface area contributed by atoms with E-state index in [1.165, 1.54) is 0 Å². The van der Waals surface area contributed by atoms with Gasteiger partial charge in [-0.15, -0.1) is 0 Å². The van der Waals surface area contributed by atoms with E-state index in [0.29, 0.717) is 5.69 Å². The van der Waals surface area contributed by atoms with Crippen LogP contribution in [0.3, 0.4) is 0 Å². The number of nitrogens with zero attached hydrogens (tertiary/aromatic N) is 4. The fraction of sp³-hybridized carbons (Fsp3) is 0.357. The third-order valence-corrected chi connectivity index (χ3v) is 3.48. The van der Waals surface area contributed by atoms with Gasteiger partial charge in [-0.2, -0.15) is 4.99 Å². The number of nitrogens with one attached hydrogen (secondary N) is 1. The van der Waals surface area contributed by atoms with Gasteiger partial charge in [-0.25, -0.2) is 9.98 Å². The first-order chi connectivity index (χ1) is 11.1. The molecule has 0 unspecified atom stereocenters. The topological polar surface area (TPSA) is 144 Å². The van der Waals surface area contributed by atoms with Crippen molar-refractivity contribution in [3.05, 3.63) is 24.0 Å². The minimum atomic E-state index is -0.123. The van der Waals surface area contributed by atoms with Gasteiger partial charge in [0, 0.05) is 13.1 Å². The van der Waals surface area contributed by atoms with Gasteiger partial charge in [0.2, 0.25) is 5.96 Å². The number of nitrogens with two attached hydrogens (primary N) is 3. The number of aromatic nitrogens is 2. The van der Waals surface area contributed by atoms with Crippen LogP contribution in [-0.2, 0) is 11.3 Å². The maximum atomic E-state index is 5.64. The number of hydrogen-bond acceptors (Lipinski definition) is 4. The van der Waals surface area contributed by atoms with E-state index >= 15 is 0 Å². The molecule has 23 heavy (non-hydrogen) atoms. The number of aliphatic imine (C=N–C) groups is 2. The van der Waals surface area contributed by atoms with E-state index in [2.05, 4.69) is 24.9 Å². The maximum absolute atomic E-state index is 5.64. The fourth-order valence-corrected chi connectivity index (χ4v) is 2.46. The number of benzene rings is 1. The summed E-state index contributed by atoms with van der Waals surface area (Å²) in [4.78, 5) is 18.0. The van der Waals surface area contributed by atoms with Gasteiger partial charge in [-0.3, -0.25) is 4.90 Å². The maximum Gasteiger partial charge on any atom is 0.223 e. The molecule has 2 aromatic rings. The first-order valence-corrected chi connectivity index (χ1v) is 7.33. The second-order valence-corrected chi connectivity index (χ2v) is 5.28. The summed E-state index contributed by atoms with van der Waals surface area (Å²) in [6, 6.07) is 5.56. The lowest BCUT2D eigenvalue weighted by atomic mass is 10.3. The second kappa shape index (κ2) is 6.63. The molecule has 1 aromatic heterocycles. The molecule has 0 bridgehead atoms. The number of fused-ring (bicyclic) bond motifs is 1. The summed E-state index contributed by atoms with van der Waals surface area (Å²) in [6.45, 7) is 4.14. The Bertz CT molecular complexity index is 740. The van der Waals surface area contributed by atoms with Crippen molar-refractivity contribution >= 4 is 28.6 Å². The van der Waals surface area contributed by atoms with Crippen molar-refractivity contribution in [2.45, 2.75) is 6.54 Å². The largest absolute Gasteiger partial charge is 0.379 e. The summed E-state index contributed by atoms with van der Waals surface area (Å²) in [5.41, 5.74) is 18.6. The molecule has 1 aliphatic heterocycles. The lowest BCUT2D eigenvalue weighted by molar-refractivity contribution is 0.0332. The van der Waals surface area contributed by atoms with Crippen LogP contribution in [0.1, 0.15) is 5.82 Å². The lowest BCUT2D eigenvalue weighted by Crippen LogP contribution is -2.35.